The average Bonchev–Trinajstić information content (AvgIpc) is 3.13. The largest absolute Gasteiger partial charge is 0.458 e. The van der Waals surface area contributed by atoms with Crippen molar-refractivity contribution in [2.75, 3.05) is 0 Å². The maximum absolute atomic E-state index is 14.2. The van der Waals surface area contributed by atoms with Crippen LogP contribution in [0.4, 0.5) is 0 Å². The zero-order valence-electron chi connectivity index (χ0n) is 19.9. The molecular weight excluding hydrogens is 552 g/mol. The van der Waals surface area contributed by atoms with Crippen molar-refractivity contribution in [3.63, 3.8) is 0 Å². The average molecular weight is 580 g/mol. The highest BCUT2D eigenvalue weighted by Gasteiger charge is 2.59. The number of carbonyl (C=O) groups is 2. The number of Topliss-reactive ketones (excluding diaryl/α,β-unsaturated/α-hetero) is 1. The predicted octanol–water partition coefficient (Wildman–Crippen LogP) is 8.03. The van der Waals surface area contributed by atoms with Gasteiger partial charge >= 0.3 is 5.97 Å². The number of fused-ring (bicyclic) bond motifs is 2. The fourth-order valence-electron chi connectivity index (χ4n) is 7.54. The molecule has 184 valence electrons. The number of esters is 1. The van der Waals surface area contributed by atoms with Crippen LogP contribution < -0.4 is 0 Å². The van der Waals surface area contributed by atoms with Crippen LogP contribution in [-0.2, 0) is 16.0 Å². The molecule has 3 aromatic carbocycles. The highest BCUT2D eigenvalue weighted by atomic mass is 79.9. The van der Waals surface area contributed by atoms with Gasteiger partial charge in [0.2, 0.25) is 0 Å². The molecule has 0 amide bonds. The van der Waals surface area contributed by atoms with Crippen LogP contribution in [0.3, 0.4) is 0 Å². The van der Waals surface area contributed by atoms with E-state index in [4.69, 9.17) is 4.74 Å². The molecular formula is C30H27BrO3S2. The fourth-order valence-corrected chi connectivity index (χ4v) is 10.6. The topological polar surface area (TPSA) is 43.4 Å². The lowest BCUT2D eigenvalue weighted by Gasteiger charge is -2.56. The SMILES string of the molecule is O=C(OC12CC3CC(CC(C3)C1)C2)[C@@]1(SSc2ccc3ccccc3c2)Cc2cc(Br)ccc2C1=O. The number of hydrogen-bond donors (Lipinski definition) is 0. The van der Waals surface area contributed by atoms with E-state index in [0.717, 1.165) is 39.6 Å². The highest BCUT2D eigenvalue weighted by Crippen LogP contribution is 2.58. The second-order valence-electron chi connectivity index (χ2n) is 11.3. The van der Waals surface area contributed by atoms with Crippen molar-refractivity contribution < 1.29 is 14.3 Å². The first-order valence-electron chi connectivity index (χ1n) is 12.8. The van der Waals surface area contributed by atoms with Gasteiger partial charge in [-0.2, -0.15) is 0 Å². The third-order valence-corrected chi connectivity index (χ3v) is 12.2. The van der Waals surface area contributed by atoms with Gasteiger partial charge in [0.05, 0.1) is 0 Å². The molecule has 0 aliphatic heterocycles. The van der Waals surface area contributed by atoms with Crippen molar-refractivity contribution in [3.8, 4) is 0 Å². The zero-order valence-corrected chi connectivity index (χ0v) is 23.1. The minimum atomic E-state index is -1.26. The van der Waals surface area contributed by atoms with Crippen LogP contribution in [0, 0.1) is 17.8 Å². The van der Waals surface area contributed by atoms with Gasteiger partial charge in [0.15, 0.2) is 10.5 Å². The lowest BCUT2D eigenvalue weighted by atomic mass is 9.54. The summed E-state index contributed by atoms with van der Waals surface area (Å²) in [5.41, 5.74) is 1.19. The molecule has 6 heteroatoms. The minimum Gasteiger partial charge on any atom is -0.458 e. The van der Waals surface area contributed by atoms with E-state index in [-0.39, 0.29) is 17.4 Å². The first kappa shape index (κ1) is 23.4. The van der Waals surface area contributed by atoms with Gasteiger partial charge in [-0.25, -0.2) is 4.79 Å². The van der Waals surface area contributed by atoms with Crippen molar-refractivity contribution in [1.82, 2.24) is 0 Å². The van der Waals surface area contributed by atoms with Crippen LogP contribution in [-0.4, -0.2) is 22.1 Å². The van der Waals surface area contributed by atoms with E-state index in [9.17, 15) is 9.59 Å². The molecule has 3 aromatic rings. The molecule has 0 radical (unpaired) electrons. The summed E-state index contributed by atoms with van der Waals surface area (Å²) in [5.74, 6) is 1.57. The highest BCUT2D eigenvalue weighted by molar-refractivity contribution is 9.10. The van der Waals surface area contributed by atoms with E-state index in [0.29, 0.717) is 29.7 Å². The quantitative estimate of drug-likeness (QED) is 0.174. The third kappa shape index (κ3) is 3.86. The van der Waals surface area contributed by atoms with E-state index >= 15 is 0 Å². The summed E-state index contributed by atoms with van der Waals surface area (Å²) in [6, 6.07) is 20.3. The molecule has 5 aliphatic rings. The molecule has 4 bridgehead atoms. The van der Waals surface area contributed by atoms with Gasteiger partial charge < -0.3 is 4.74 Å². The Labute approximate surface area is 227 Å². The van der Waals surface area contributed by atoms with E-state index in [1.807, 2.05) is 30.3 Å². The molecule has 0 spiro atoms. The maximum atomic E-state index is 14.2. The van der Waals surface area contributed by atoms with Gasteiger partial charge in [-0.1, -0.05) is 67.8 Å². The van der Waals surface area contributed by atoms with Crippen molar-refractivity contribution in [1.29, 1.82) is 0 Å². The van der Waals surface area contributed by atoms with Crippen LogP contribution in [0.15, 0.2) is 70.0 Å². The lowest BCUT2D eigenvalue weighted by Crippen LogP contribution is -2.55. The summed E-state index contributed by atoms with van der Waals surface area (Å²) in [7, 11) is 2.89. The Balaban J connectivity index is 1.21. The first-order valence-corrected chi connectivity index (χ1v) is 15.8. The standard InChI is InChI=1S/C30H27BrO3S2/c31-24-6-8-26-23(12-24)17-30(27(26)32,36-35-25-7-5-21-3-1-2-4-22(21)13-25)28(33)34-29-14-18-9-19(15-29)11-20(10-18)16-29/h1-8,12-13,18-20H,9-11,14-17H2/t18?,19?,20?,29?,30-/m1/s1. The molecule has 3 nitrogen and oxygen atoms in total. The summed E-state index contributed by atoms with van der Waals surface area (Å²) in [6.45, 7) is 0. The van der Waals surface area contributed by atoms with Crippen LogP contribution in [0.5, 0.6) is 0 Å². The van der Waals surface area contributed by atoms with Gasteiger partial charge in [0.1, 0.15) is 5.60 Å². The molecule has 0 heterocycles. The molecule has 4 saturated carbocycles. The predicted molar refractivity (Wildman–Crippen MR) is 149 cm³/mol. The van der Waals surface area contributed by atoms with Crippen molar-refractivity contribution in [2.24, 2.45) is 17.8 Å². The second kappa shape index (κ2) is 8.64. The molecule has 36 heavy (non-hydrogen) atoms. The van der Waals surface area contributed by atoms with E-state index in [2.05, 4.69) is 46.3 Å². The van der Waals surface area contributed by atoms with E-state index in [1.165, 1.54) is 46.2 Å². The Kier molecular flexibility index (Phi) is 5.61. The molecule has 0 unspecified atom stereocenters. The molecule has 1 atom stereocenters. The second-order valence-corrected chi connectivity index (χ2v) is 14.7. The van der Waals surface area contributed by atoms with Crippen molar-refractivity contribution in [2.45, 2.75) is 60.2 Å². The number of hydrogen-bond acceptors (Lipinski definition) is 5. The number of halogens is 1. The van der Waals surface area contributed by atoms with Crippen LogP contribution in [0.2, 0.25) is 0 Å². The number of benzene rings is 3. The molecule has 4 fully saturated rings. The Morgan fingerprint density at radius 1 is 0.889 bits per heavy atom. The number of ketones is 1. The number of ether oxygens (including phenoxy) is 1. The molecule has 8 rings (SSSR count). The fraction of sp³-hybridized carbons (Fsp3) is 0.400. The number of rotatable bonds is 5. The Hall–Kier alpha value is -1.76. The maximum Gasteiger partial charge on any atom is 0.332 e. The molecule has 5 aliphatic carbocycles. The summed E-state index contributed by atoms with van der Waals surface area (Å²) in [5, 5.41) is 2.33. The molecule has 0 N–H and O–H groups in total. The Bertz CT molecular complexity index is 1370. The normalized spacial score (nSPS) is 32.1. The van der Waals surface area contributed by atoms with Crippen LogP contribution >= 0.6 is 37.5 Å². The van der Waals surface area contributed by atoms with Crippen molar-refractivity contribution >= 4 is 60.0 Å². The van der Waals surface area contributed by atoms with E-state index in [1.54, 1.807) is 0 Å². The summed E-state index contributed by atoms with van der Waals surface area (Å²) in [6.07, 6.45) is 7.13. The van der Waals surface area contributed by atoms with Gasteiger partial charge in [0, 0.05) is 21.4 Å². The van der Waals surface area contributed by atoms with Gasteiger partial charge in [0.25, 0.3) is 0 Å². The Morgan fingerprint density at radius 3 is 2.31 bits per heavy atom. The van der Waals surface area contributed by atoms with E-state index < -0.39 is 4.75 Å². The minimum absolute atomic E-state index is 0.113. The van der Waals surface area contributed by atoms with Gasteiger partial charge in [-0.05, 0) is 103 Å². The summed E-state index contributed by atoms with van der Waals surface area (Å²) >= 11 is 3.54. The Morgan fingerprint density at radius 2 is 1.58 bits per heavy atom. The summed E-state index contributed by atoms with van der Waals surface area (Å²) in [4.78, 5) is 29.1. The van der Waals surface area contributed by atoms with Crippen molar-refractivity contribution in [3.05, 3.63) is 76.3 Å². The lowest BCUT2D eigenvalue weighted by molar-refractivity contribution is -0.187. The van der Waals surface area contributed by atoms with Crippen LogP contribution in [0.25, 0.3) is 10.8 Å². The third-order valence-electron chi connectivity index (χ3n) is 8.74. The monoisotopic (exact) mass is 578 g/mol. The zero-order chi connectivity index (χ0) is 24.5. The first-order chi connectivity index (χ1) is 17.4. The van der Waals surface area contributed by atoms with Gasteiger partial charge in [-0.15, -0.1) is 0 Å². The smallest absolute Gasteiger partial charge is 0.332 e. The molecule has 0 saturated heterocycles. The molecule has 0 aromatic heterocycles. The summed E-state index contributed by atoms with van der Waals surface area (Å²) < 4.78 is 6.18. The van der Waals surface area contributed by atoms with Crippen LogP contribution in [0.1, 0.15) is 54.4 Å². The van der Waals surface area contributed by atoms with Gasteiger partial charge in [-0.3, -0.25) is 4.79 Å². The number of carbonyl (C=O) groups excluding carboxylic acids is 2.